The Balaban J connectivity index is 2.23. The first-order valence-electron chi connectivity index (χ1n) is 4.15. The van der Waals surface area contributed by atoms with Crippen molar-refractivity contribution >= 4 is 11.7 Å². The standard InChI is InChI=1S/C9H8F2N2O/c10-6-2-1-3-7(11)8(6)13-9-12-4-5-14-9/h1-3H,4-5H2,(H,12,13). The number of halogens is 2. The molecule has 1 aromatic carbocycles. The van der Waals surface area contributed by atoms with Crippen molar-refractivity contribution in [2.24, 2.45) is 4.99 Å². The van der Waals surface area contributed by atoms with E-state index < -0.39 is 11.6 Å². The smallest absolute Gasteiger partial charge is 0.289 e. The molecule has 1 aromatic rings. The molecule has 0 radical (unpaired) electrons. The average molecular weight is 198 g/mol. The largest absolute Gasteiger partial charge is 0.463 e. The highest BCUT2D eigenvalue weighted by molar-refractivity contribution is 5.90. The molecule has 14 heavy (non-hydrogen) atoms. The lowest BCUT2D eigenvalue weighted by Gasteiger charge is -2.07. The molecule has 0 spiro atoms. The van der Waals surface area contributed by atoms with Crippen LogP contribution in [0, 0.1) is 11.6 Å². The minimum Gasteiger partial charge on any atom is -0.463 e. The maximum Gasteiger partial charge on any atom is 0.289 e. The third-order valence-electron chi connectivity index (χ3n) is 1.78. The number of amidine groups is 1. The molecule has 0 atom stereocenters. The van der Waals surface area contributed by atoms with Gasteiger partial charge >= 0.3 is 0 Å². The first-order chi connectivity index (χ1) is 6.77. The molecular formula is C9H8F2N2O. The van der Waals surface area contributed by atoms with Gasteiger partial charge in [0.15, 0.2) is 0 Å². The van der Waals surface area contributed by atoms with Gasteiger partial charge in [-0.1, -0.05) is 6.07 Å². The predicted molar refractivity (Wildman–Crippen MR) is 48.2 cm³/mol. The summed E-state index contributed by atoms with van der Waals surface area (Å²) < 4.78 is 31.2. The van der Waals surface area contributed by atoms with Crippen molar-refractivity contribution < 1.29 is 13.5 Å². The van der Waals surface area contributed by atoms with E-state index in [0.717, 1.165) is 0 Å². The van der Waals surface area contributed by atoms with Crippen LogP contribution in [0.2, 0.25) is 0 Å². The summed E-state index contributed by atoms with van der Waals surface area (Å²) in [6, 6.07) is 3.80. The second-order valence-corrected chi connectivity index (χ2v) is 2.76. The quantitative estimate of drug-likeness (QED) is 0.746. The predicted octanol–water partition coefficient (Wildman–Crippen LogP) is 1.76. The van der Waals surface area contributed by atoms with Gasteiger partial charge in [-0.2, -0.15) is 0 Å². The first-order valence-corrected chi connectivity index (χ1v) is 4.15. The third-order valence-corrected chi connectivity index (χ3v) is 1.78. The topological polar surface area (TPSA) is 33.6 Å². The van der Waals surface area contributed by atoms with Gasteiger partial charge < -0.3 is 10.1 Å². The van der Waals surface area contributed by atoms with E-state index in [2.05, 4.69) is 10.3 Å². The van der Waals surface area contributed by atoms with Crippen LogP contribution in [0.3, 0.4) is 0 Å². The molecule has 0 bridgehead atoms. The van der Waals surface area contributed by atoms with Crippen LogP contribution in [0.5, 0.6) is 0 Å². The summed E-state index contributed by atoms with van der Waals surface area (Å²) in [6.07, 6.45) is 0. The lowest BCUT2D eigenvalue weighted by atomic mass is 10.3. The summed E-state index contributed by atoms with van der Waals surface area (Å²) in [6.45, 7) is 0.955. The number of hydrogen-bond acceptors (Lipinski definition) is 3. The van der Waals surface area contributed by atoms with Crippen LogP contribution < -0.4 is 5.32 Å². The molecule has 5 heteroatoms. The van der Waals surface area contributed by atoms with Crippen LogP contribution in [0.15, 0.2) is 23.2 Å². The average Bonchev–Trinajstić information content (AvgIpc) is 2.64. The highest BCUT2D eigenvalue weighted by atomic mass is 19.1. The number of nitrogens with one attached hydrogen (secondary N) is 1. The summed E-state index contributed by atoms with van der Waals surface area (Å²) in [5, 5.41) is 2.46. The number of aliphatic imine (C=N–C) groups is 1. The molecule has 1 heterocycles. The summed E-state index contributed by atoms with van der Waals surface area (Å²) >= 11 is 0. The van der Waals surface area contributed by atoms with Gasteiger partial charge in [0.2, 0.25) is 0 Å². The molecule has 1 aliphatic rings. The number of ether oxygens (including phenoxy) is 1. The first kappa shape index (κ1) is 8.93. The number of nitrogens with zero attached hydrogens (tertiary/aromatic N) is 1. The van der Waals surface area contributed by atoms with Crippen LogP contribution in [0.25, 0.3) is 0 Å². The Morgan fingerprint density at radius 2 is 2.00 bits per heavy atom. The Kier molecular flexibility index (Phi) is 2.30. The molecule has 0 aromatic heterocycles. The van der Waals surface area contributed by atoms with Crippen LogP contribution in [0.4, 0.5) is 14.5 Å². The van der Waals surface area contributed by atoms with E-state index in [1.54, 1.807) is 0 Å². The normalized spacial score (nSPS) is 14.9. The maximum absolute atomic E-state index is 13.1. The Bertz CT molecular complexity index is 359. The molecule has 74 valence electrons. The lowest BCUT2D eigenvalue weighted by Crippen LogP contribution is -2.14. The summed E-state index contributed by atoms with van der Waals surface area (Å²) in [7, 11) is 0. The Morgan fingerprint density at radius 1 is 1.29 bits per heavy atom. The third kappa shape index (κ3) is 1.66. The van der Waals surface area contributed by atoms with Gasteiger partial charge in [0.05, 0.1) is 6.54 Å². The monoisotopic (exact) mass is 198 g/mol. The minimum atomic E-state index is -0.664. The van der Waals surface area contributed by atoms with Crippen molar-refractivity contribution in [3.05, 3.63) is 29.8 Å². The Hall–Kier alpha value is -1.65. The zero-order valence-electron chi connectivity index (χ0n) is 7.26. The highest BCUT2D eigenvalue weighted by Gasteiger charge is 2.13. The van der Waals surface area contributed by atoms with Gasteiger partial charge in [0.25, 0.3) is 6.02 Å². The molecule has 0 amide bonds. The summed E-state index contributed by atoms with van der Waals surface area (Å²) in [5.74, 6) is -1.33. The molecule has 0 aliphatic carbocycles. The van der Waals surface area contributed by atoms with Crippen molar-refractivity contribution in [1.29, 1.82) is 0 Å². The van der Waals surface area contributed by atoms with Crippen molar-refractivity contribution in [3.63, 3.8) is 0 Å². The summed E-state index contributed by atoms with van der Waals surface area (Å²) in [5.41, 5.74) is -0.229. The maximum atomic E-state index is 13.1. The number of para-hydroxylation sites is 1. The molecular weight excluding hydrogens is 190 g/mol. The Morgan fingerprint density at radius 3 is 2.57 bits per heavy atom. The fraction of sp³-hybridized carbons (Fsp3) is 0.222. The van der Waals surface area contributed by atoms with Crippen molar-refractivity contribution in [3.8, 4) is 0 Å². The zero-order valence-corrected chi connectivity index (χ0v) is 7.26. The van der Waals surface area contributed by atoms with Crippen molar-refractivity contribution in [2.75, 3.05) is 18.5 Å². The van der Waals surface area contributed by atoms with Gasteiger partial charge in [-0.25, -0.2) is 13.8 Å². The second kappa shape index (κ2) is 3.61. The zero-order chi connectivity index (χ0) is 9.97. The molecule has 0 unspecified atom stereocenters. The summed E-state index contributed by atoms with van der Waals surface area (Å²) in [4.78, 5) is 3.86. The molecule has 2 rings (SSSR count). The Labute approximate surface area is 79.4 Å². The lowest BCUT2D eigenvalue weighted by molar-refractivity contribution is 0.346. The van der Waals surface area contributed by atoms with E-state index in [1.165, 1.54) is 18.2 Å². The van der Waals surface area contributed by atoms with E-state index in [0.29, 0.717) is 13.2 Å². The highest BCUT2D eigenvalue weighted by Crippen LogP contribution is 2.18. The molecule has 1 N–H and O–H groups in total. The minimum absolute atomic E-state index is 0.161. The molecule has 0 saturated heterocycles. The number of anilines is 1. The van der Waals surface area contributed by atoms with E-state index in [-0.39, 0.29) is 11.7 Å². The molecule has 3 nitrogen and oxygen atoms in total. The SMILES string of the molecule is Fc1cccc(F)c1NC1=NCCO1. The van der Waals surface area contributed by atoms with Gasteiger partial charge in [-0.15, -0.1) is 0 Å². The van der Waals surface area contributed by atoms with Crippen LogP contribution in [-0.4, -0.2) is 19.2 Å². The van der Waals surface area contributed by atoms with Crippen LogP contribution in [0.1, 0.15) is 0 Å². The second-order valence-electron chi connectivity index (χ2n) is 2.76. The fourth-order valence-corrected chi connectivity index (χ4v) is 1.13. The molecule has 0 fully saturated rings. The fourth-order valence-electron chi connectivity index (χ4n) is 1.13. The van der Waals surface area contributed by atoms with Crippen molar-refractivity contribution in [2.45, 2.75) is 0 Å². The molecule has 1 aliphatic heterocycles. The van der Waals surface area contributed by atoms with Crippen LogP contribution >= 0.6 is 0 Å². The van der Waals surface area contributed by atoms with E-state index in [9.17, 15) is 8.78 Å². The van der Waals surface area contributed by atoms with E-state index in [1.807, 2.05) is 0 Å². The van der Waals surface area contributed by atoms with Gasteiger partial charge in [0, 0.05) is 0 Å². The number of benzene rings is 1. The van der Waals surface area contributed by atoms with Crippen LogP contribution in [-0.2, 0) is 4.74 Å². The van der Waals surface area contributed by atoms with Gasteiger partial charge in [0.1, 0.15) is 23.9 Å². The molecule has 0 saturated carbocycles. The van der Waals surface area contributed by atoms with E-state index >= 15 is 0 Å². The van der Waals surface area contributed by atoms with Gasteiger partial charge in [-0.3, -0.25) is 0 Å². The van der Waals surface area contributed by atoms with Gasteiger partial charge in [-0.05, 0) is 12.1 Å². The number of hydrogen-bond donors (Lipinski definition) is 1. The van der Waals surface area contributed by atoms with E-state index in [4.69, 9.17) is 4.74 Å². The number of rotatable bonds is 1. The van der Waals surface area contributed by atoms with Crippen molar-refractivity contribution in [1.82, 2.24) is 0 Å².